The number of halogens is 9. The van der Waals surface area contributed by atoms with Crippen molar-refractivity contribution < 1.29 is 83.1 Å². The molecule has 57 heavy (non-hydrogen) atoms. The Morgan fingerprint density at radius 1 is 0.561 bits per heavy atom. The number of benzene rings is 3. The van der Waals surface area contributed by atoms with Gasteiger partial charge in [-0.3, -0.25) is 14.4 Å². The van der Waals surface area contributed by atoms with E-state index in [2.05, 4.69) is 9.47 Å². The summed E-state index contributed by atoms with van der Waals surface area (Å²) < 4.78 is 138. The molecule has 3 aliphatic carbocycles. The van der Waals surface area contributed by atoms with Crippen molar-refractivity contribution in [1.29, 1.82) is 0 Å². The van der Waals surface area contributed by atoms with Crippen molar-refractivity contribution in [2.45, 2.75) is 86.4 Å². The summed E-state index contributed by atoms with van der Waals surface area (Å²) in [5.74, 6) is -14.8. The van der Waals surface area contributed by atoms with Crippen LogP contribution < -0.4 is 9.47 Å². The molecule has 6 rings (SSSR count). The number of carbonyl (C=O) groups is 3. The quantitative estimate of drug-likeness (QED) is 0.153. The Bertz CT molecular complexity index is 1960. The van der Waals surface area contributed by atoms with Gasteiger partial charge in [-0.2, -0.15) is 0 Å². The number of ether oxygens (including phenoxy) is 4. The Kier molecular flexibility index (Phi) is 12.8. The number of methoxy groups -OCH3 is 2. The third-order valence-corrected chi connectivity index (χ3v) is 9.99. The number of aromatic hydroxyl groups is 1. The van der Waals surface area contributed by atoms with Crippen LogP contribution in [0, 0.1) is 17.5 Å². The van der Waals surface area contributed by atoms with Crippen molar-refractivity contribution in [1.82, 2.24) is 0 Å². The van der Waals surface area contributed by atoms with Crippen LogP contribution >= 0.6 is 0 Å². The third-order valence-electron chi connectivity index (χ3n) is 9.99. The molecular weight excluding hydrogens is 783 g/mol. The summed E-state index contributed by atoms with van der Waals surface area (Å²) in [5.41, 5.74) is -4.36. The van der Waals surface area contributed by atoms with Gasteiger partial charge in [0, 0.05) is 38.5 Å². The minimum Gasteiger partial charge on any atom is -0.505 e. The van der Waals surface area contributed by atoms with Gasteiger partial charge in [0.2, 0.25) is 0 Å². The van der Waals surface area contributed by atoms with Gasteiger partial charge in [-0.15, -0.1) is 0 Å². The van der Waals surface area contributed by atoms with Gasteiger partial charge in [-0.25, -0.2) is 39.5 Å². The van der Waals surface area contributed by atoms with Crippen molar-refractivity contribution in [3.05, 3.63) is 88.7 Å². The molecule has 0 atom stereocenters. The molecule has 3 aromatic rings. The molecule has 2 N–H and O–H groups in total. The van der Waals surface area contributed by atoms with Crippen LogP contribution in [0.1, 0.15) is 69.1 Å². The lowest BCUT2D eigenvalue weighted by Gasteiger charge is -2.45. The molecule has 0 saturated heterocycles. The normalized spacial score (nSPS) is 19.5. The highest BCUT2D eigenvalue weighted by Crippen LogP contribution is 2.56. The summed E-state index contributed by atoms with van der Waals surface area (Å²) in [6.45, 7) is 3.93. The lowest BCUT2D eigenvalue weighted by Crippen LogP contribution is -2.55. The van der Waals surface area contributed by atoms with E-state index in [4.69, 9.17) is 19.7 Å². The summed E-state index contributed by atoms with van der Waals surface area (Å²) in [4.78, 5) is 34.7. The van der Waals surface area contributed by atoms with E-state index in [0.29, 0.717) is 0 Å². The molecule has 3 aromatic carbocycles. The Balaban J connectivity index is 0.000000190. The van der Waals surface area contributed by atoms with Gasteiger partial charge in [0.05, 0.1) is 27.4 Å². The van der Waals surface area contributed by atoms with Crippen LogP contribution in [0.15, 0.2) is 54.6 Å². The molecule has 3 fully saturated rings. The number of carboxylic acids is 1. The maximum Gasteiger partial charge on any atom is 0.316 e. The van der Waals surface area contributed by atoms with Crippen molar-refractivity contribution in [3.8, 4) is 17.2 Å². The predicted octanol–water partition coefficient (Wildman–Crippen LogP) is 8.41. The molecule has 0 aromatic heterocycles. The number of phenolic OH excluding ortho intramolecular Hbond substituents is 1. The number of alkyl halides is 6. The van der Waals surface area contributed by atoms with Gasteiger partial charge in [-0.1, -0.05) is 18.2 Å². The summed E-state index contributed by atoms with van der Waals surface area (Å²) >= 11 is 0. The number of hydrogen-bond acceptors (Lipinski definition) is 8. The first kappa shape index (κ1) is 44.6. The van der Waals surface area contributed by atoms with E-state index in [9.17, 15) is 53.9 Å². The molecule has 0 bridgehead atoms. The number of hydrogen-bond donors (Lipinski definition) is 2. The second-order valence-corrected chi connectivity index (χ2v) is 14.0. The number of aliphatic carboxylic acids is 1. The van der Waals surface area contributed by atoms with Crippen molar-refractivity contribution in [3.63, 3.8) is 0 Å². The van der Waals surface area contributed by atoms with E-state index >= 15 is 0 Å². The molecule has 0 heterocycles. The van der Waals surface area contributed by atoms with Gasteiger partial charge in [0.15, 0.2) is 34.7 Å². The van der Waals surface area contributed by atoms with E-state index in [1.165, 1.54) is 30.3 Å². The lowest BCUT2D eigenvalue weighted by atomic mass is 9.62. The fourth-order valence-electron chi connectivity index (χ4n) is 7.24. The maximum absolute atomic E-state index is 13.8. The minimum absolute atomic E-state index is 0.0159. The Morgan fingerprint density at radius 2 is 0.877 bits per heavy atom. The van der Waals surface area contributed by atoms with Crippen LogP contribution in [0.5, 0.6) is 17.2 Å². The summed E-state index contributed by atoms with van der Waals surface area (Å²) in [7, 11) is 2.22. The van der Waals surface area contributed by atoms with Gasteiger partial charge >= 0.3 is 17.9 Å². The van der Waals surface area contributed by atoms with Crippen molar-refractivity contribution in [2.75, 3.05) is 27.4 Å². The Labute approximate surface area is 320 Å². The van der Waals surface area contributed by atoms with E-state index in [-0.39, 0.29) is 41.4 Å². The van der Waals surface area contributed by atoms with E-state index in [0.717, 1.165) is 38.5 Å². The number of rotatable bonds is 10. The molecule has 18 heteroatoms. The van der Waals surface area contributed by atoms with Crippen LogP contribution in [0.25, 0.3) is 0 Å². The monoisotopic (exact) mass is 822 g/mol. The van der Waals surface area contributed by atoms with Crippen LogP contribution in [0.3, 0.4) is 0 Å². The zero-order chi connectivity index (χ0) is 42.8. The number of carbonyl (C=O) groups excluding carboxylic acids is 2. The molecule has 3 aliphatic rings. The summed E-state index contributed by atoms with van der Waals surface area (Å²) in [6, 6.07) is 10.6. The van der Waals surface area contributed by atoms with E-state index in [1.807, 2.05) is 0 Å². The first-order chi connectivity index (χ1) is 26.5. The zero-order valence-electron chi connectivity index (χ0n) is 31.0. The first-order valence-electron chi connectivity index (χ1n) is 17.3. The average molecular weight is 823 g/mol. The maximum atomic E-state index is 13.8. The van der Waals surface area contributed by atoms with Gasteiger partial charge < -0.3 is 29.2 Å². The molecule has 0 spiro atoms. The number of phenols is 1. The van der Waals surface area contributed by atoms with E-state index < -0.39 is 114 Å². The summed E-state index contributed by atoms with van der Waals surface area (Å²) in [6.07, 6.45) is -4.36. The van der Waals surface area contributed by atoms with Crippen LogP contribution in [0.4, 0.5) is 39.5 Å². The van der Waals surface area contributed by atoms with Gasteiger partial charge in [0.25, 0.3) is 17.8 Å². The van der Waals surface area contributed by atoms with Crippen molar-refractivity contribution >= 4 is 17.9 Å². The van der Waals surface area contributed by atoms with Crippen LogP contribution in [-0.4, -0.2) is 73.3 Å². The highest BCUT2D eigenvalue weighted by molar-refractivity contribution is 5.86. The summed E-state index contributed by atoms with van der Waals surface area (Å²) in [5, 5.41) is 18.2. The minimum atomic E-state index is -3.01. The first-order valence-corrected chi connectivity index (χ1v) is 17.3. The molecule has 0 radical (unpaired) electrons. The fourth-order valence-corrected chi connectivity index (χ4v) is 7.24. The second kappa shape index (κ2) is 16.4. The van der Waals surface area contributed by atoms with Crippen LogP contribution in [-0.2, 0) is 40.1 Å². The fraction of sp³-hybridized carbons (Fsp3) is 0.462. The number of carboxylic acid groups (broad SMARTS) is 1. The Morgan fingerprint density at radius 3 is 1.16 bits per heavy atom. The van der Waals surface area contributed by atoms with E-state index in [1.54, 1.807) is 13.8 Å². The molecule has 0 aliphatic heterocycles. The highest BCUT2D eigenvalue weighted by atomic mass is 19.3. The third kappa shape index (κ3) is 9.04. The molecule has 312 valence electrons. The van der Waals surface area contributed by atoms with Gasteiger partial charge in [0.1, 0.15) is 16.2 Å². The molecular formula is C39H39F9O9. The SMILES string of the molecule is CCOc1ccc(C2(C(=O)O)CC(F)(F)C2)cc1F.CCOc1ccc(C2(C(=O)OC)CC(F)(F)C2)cc1F.COC(=O)C1(c2ccc(O)c(F)c2)CC(F)(F)C1. The lowest BCUT2D eigenvalue weighted by molar-refractivity contribution is -0.177. The van der Waals surface area contributed by atoms with Gasteiger partial charge in [-0.05, 0) is 66.9 Å². The number of esters is 2. The molecule has 0 amide bonds. The largest absolute Gasteiger partial charge is 0.505 e. The van der Waals surface area contributed by atoms with Crippen molar-refractivity contribution in [2.24, 2.45) is 0 Å². The molecule has 9 nitrogen and oxygen atoms in total. The Hall–Kier alpha value is -5.16. The smallest absolute Gasteiger partial charge is 0.316 e. The predicted molar refractivity (Wildman–Crippen MR) is 182 cm³/mol. The highest BCUT2D eigenvalue weighted by Gasteiger charge is 2.64. The second-order valence-electron chi connectivity index (χ2n) is 14.0. The molecule has 0 unspecified atom stereocenters. The standard InChI is InChI=1S/C14H15F3O3.C13H13F3O3.C12H11F3O3/c1-3-20-11-5-4-9(6-10(11)15)13(12(18)19-2)7-14(16,17)8-13;1-2-19-10-4-3-8(5-9(10)14)12(11(17)18)6-13(15,16)7-12;1-18-10(17)11(5-12(14,15)6-11)7-2-3-9(16)8(13)4-7/h4-6H,3,7-8H2,1-2H3;3-5H,2,6-7H2,1H3,(H,17,18);2-4,16H,5-6H2,1H3. The zero-order valence-corrected chi connectivity index (χ0v) is 31.0. The average Bonchev–Trinajstić information content (AvgIpc) is 3.10. The topological polar surface area (TPSA) is 129 Å². The molecule has 3 saturated carbocycles. The van der Waals surface area contributed by atoms with Crippen LogP contribution in [0.2, 0.25) is 0 Å².